The molecule has 0 radical (unpaired) electrons. The van der Waals surface area contributed by atoms with Crippen molar-refractivity contribution in [3.8, 4) is 0 Å². The predicted molar refractivity (Wildman–Crippen MR) is 76.9 cm³/mol. The lowest BCUT2D eigenvalue weighted by molar-refractivity contribution is -0.0222. The first kappa shape index (κ1) is 13.9. The van der Waals surface area contributed by atoms with E-state index in [0.717, 1.165) is 37.2 Å². The summed E-state index contributed by atoms with van der Waals surface area (Å²) in [4.78, 5) is 12.0. The molecule has 1 heterocycles. The van der Waals surface area contributed by atoms with E-state index < -0.39 is 5.60 Å². The Morgan fingerprint density at radius 3 is 3.00 bits per heavy atom. The van der Waals surface area contributed by atoms with Gasteiger partial charge in [-0.1, -0.05) is 12.1 Å². The van der Waals surface area contributed by atoms with Crippen molar-refractivity contribution in [2.45, 2.75) is 49.4 Å². The molecule has 2 saturated carbocycles. The van der Waals surface area contributed by atoms with Gasteiger partial charge in [-0.05, 0) is 31.4 Å². The van der Waals surface area contributed by atoms with Crippen LogP contribution in [0, 0.1) is 0 Å². The van der Waals surface area contributed by atoms with E-state index in [2.05, 4.69) is 17.4 Å². The van der Waals surface area contributed by atoms with Gasteiger partial charge in [0.1, 0.15) is 5.76 Å². The first-order valence-electron chi connectivity index (χ1n) is 7.21. The molecule has 6 heteroatoms. The molecule has 0 saturated heterocycles. The van der Waals surface area contributed by atoms with Crippen molar-refractivity contribution in [1.29, 1.82) is 0 Å². The molecule has 0 bridgehead atoms. The zero-order valence-electron chi connectivity index (χ0n) is 11.6. The van der Waals surface area contributed by atoms with E-state index in [0.29, 0.717) is 11.6 Å². The van der Waals surface area contributed by atoms with Crippen molar-refractivity contribution in [2.75, 3.05) is 12.3 Å². The van der Waals surface area contributed by atoms with Gasteiger partial charge in [0.05, 0.1) is 5.60 Å². The highest BCUT2D eigenvalue weighted by atomic mass is 32.2. The van der Waals surface area contributed by atoms with Crippen LogP contribution in [0.25, 0.3) is 0 Å². The summed E-state index contributed by atoms with van der Waals surface area (Å²) >= 11 is 1.75. The fourth-order valence-electron chi connectivity index (χ4n) is 2.52. The summed E-state index contributed by atoms with van der Waals surface area (Å²) in [7, 11) is 0. The maximum atomic E-state index is 12.0. The Morgan fingerprint density at radius 1 is 1.60 bits per heavy atom. The summed E-state index contributed by atoms with van der Waals surface area (Å²) in [6.07, 6.45) is 4.00. The van der Waals surface area contributed by atoms with Gasteiger partial charge in [0.2, 0.25) is 0 Å². The predicted octanol–water partition coefficient (Wildman–Crippen LogP) is 1.93. The van der Waals surface area contributed by atoms with Crippen LogP contribution >= 0.6 is 11.8 Å². The van der Waals surface area contributed by atoms with Crippen molar-refractivity contribution >= 4 is 17.7 Å². The van der Waals surface area contributed by atoms with Crippen LogP contribution in [0.1, 0.15) is 54.8 Å². The minimum absolute atomic E-state index is 0.229. The van der Waals surface area contributed by atoms with Crippen LogP contribution in [0.15, 0.2) is 10.6 Å². The van der Waals surface area contributed by atoms with Crippen LogP contribution in [-0.4, -0.2) is 39.3 Å². The van der Waals surface area contributed by atoms with E-state index in [-0.39, 0.29) is 17.7 Å². The number of nitrogens with one attached hydrogen (secondary N) is 1. The maximum absolute atomic E-state index is 12.0. The lowest BCUT2D eigenvalue weighted by Gasteiger charge is -2.44. The smallest absolute Gasteiger partial charge is 0.273 e. The van der Waals surface area contributed by atoms with E-state index in [1.165, 1.54) is 0 Å². The summed E-state index contributed by atoms with van der Waals surface area (Å²) < 4.78 is 5.16. The van der Waals surface area contributed by atoms with Crippen molar-refractivity contribution in [3.63, 3.8) is 0 Å². The lowest BCUT2D eigenvalue weighted by atomic mass is 9.79. The first-order valence-corrected chi connectivity index (χ1v) is 8.26. The summed E-state index contributed by atoms with van der Waals surface area (Å²) in [5.41, 5.74) is -0.450. The molecule has 0 spiro atoms. The molecule has 2 aliphatic carbocycles. The second-order valence-electron chi connectivity index (χ2n) is 5.66. The SMILES string of the molecule is CCS[C@@H]1CC[C@@]1(O)CNC(=O)c1cc(C2CC2)on1. The van der Waals surface area contributed by atoms with Gasteiger partial charge < -0.3 is 14.9 Å². The number of carbonyl (C=O) groups is 1. The molecule has 20 heavy (non-hydrogen) atoms. The molecule has 2 fully saturated rings. The molecule has 0 unspecified atom stereocenters. The Kier molecular flexibility index (Phi) is 3.77. The van der Waals surface area contributed by atoms with E-state index in [1.54, 1.807) is 17.8 Å². The van der Waals surface area contributed by atoms with Crippen molar-refractivity contribution in [3.05, 3.63) is 17.5 Å². The van der Waals surface area contributed by atoms with Crippen LogP contribution in [0.5, 0.6) is 0 Å². The molecule has 1 aromatic heterocycles. The molecular weight excluding hydrogens is 276 g/mol. The minimum atomic E-state index is -0.764. The fraction of sp³-hybridized carbons (Fsp3) is 0.714. The number of carbonyl (C=O) groups excluding carboxylic acids is 1. The Bertz CT molecular complexity index is 500. The van der Waals surface area contributed by atoms with Crippen LogP contribution in [-0.2, 0) is 0 Å². The minimum Gasteiger partial charge on any atom is -0.387 e. The second kappa shape index (κ2) is 5.41. The third-order valence-electron chi connectivity index (χ3n) is 4.10. The van der Waals surface area contributed by atoms with E-state index in [9.17, 15) is 9.90 Å². The van der Waals surface area contributed by atoms with Gasteiger partial charge in [-0.15, -0.1) is 0 Å². The molecule has 1 aromatic rings. The first-order chi connectivity index (χ1) is 9.62. The van der Waals surface area contributed by atoms with E-state index >= 15 is 0 Å². The molecule has 2 atom stereocenters. The highest BCUT2D eigenvalue weighted by molar-refractivity contribution is 8.00. The number of hydrogen-bond acceptors (Lipinski definition) is 5. The van der Waals surface area contributed by atoms with Crippen molar-refractivity contribution in [1.82, 2.24) is 10.5 Å². The van der Waals surface area contributed by atoms with Crippen LogP contribution in [0.4, 0.5) is 0 Å². The van der Waals surface area contributed by atoms with Gasteiger partial charge in [-0.3, -0.25) is 4.79 Å². The fourth-order valence-corrected chi connectivity index (χ4v) is 3.72. The van der Waals surface area contributed by atoms with Gasteiger partial charge >= 0.3 is 0 Å². The van der Waals surface area contributed by atoms with Crippen LogP contribution in [0.2, 0.25) is 0 Å². The Balaban J connectivity index is 1.53. The van der Waals surface area contributed by atoms with E-state index in [4.69, 9.17) is 4.52 Å². The molecule has 1 amide bonds. The maximum Gasteiger partial charge on any atom is 0.273 e. The van der Waals surface area contributed by atoms with Crippen LogP contribution < -0.4 is 5.32 Å². The number of thioether (sulfide) groups is 1. The molecule has 0 aliphatic heterocycles. The second-order valence-corrected chi connectivity index (χ2v) is 7.14. The largest absolute Gasteiger partial charge is 0.387 e. The molecule has 0 aromatic carbocycles. The summed E-state index contributed by atoms with van der Waals surface area (Å²) in [5, 5.41) is 17.2. The van der Waals surface area contributed by atoms with Gasteiger partial charge in [0.15, 0.2) is 5.69 Å². The average molecular weight is 296 g/mol. The highest BCUT2D eigenvalue weighted by Crippen LogP contribution is 2.41. The third kappa shape index (κ3) is 2.72. The molecule has 2 N–H and O–H groups in total. The summed E-state index contributed by atoms with van der Waals surface area (Å²) in [6, 6.07) is 1.72. The number of hydrogen-bond donors (Lipinski definition) is 2. The molecule has 2 aliphatic rings. The normalized spacial score (nSPS) is 29.0. The Labute approximate surface area is 122 Å². The Morgan fingerprint density at radius 2 is 2.40 bits per heavy atom. The van der Waals surface area contributed by atoms with E-state index in [1.807, 2.05) is 0 Å². The van der Waals surface area contributed by atoms with Gasteiger partial charge in [-0.2, -0.15) is 11.8 Å². The van der Waals surface area contributed by atoms with Crippen LogP contribution in [0.3, 0.4) is 0 Å². The topological polar surface area (TPSA) is 75.4 Å². The van der Waals surface area contributed by atoms with Gasteiger partial charge in [-0.25, -0.2) is 0 Å². The van der Waals surface area contributed by atoms with Gasteiger partial charge in [0, 0.05) is 23.8 Å². The molecular formula is C14H20N2O3S. The number of rotatable bonds is 6. The monoisotopic (exact) mass is 296 g/mol. The number of aromatic nitrogens is 1. The summed E-state index contributed by atoms with van der Waals surface area (Å²) in [6.45, 7) is 2.37. The van der Waals surface area contributed by atoms with Crippen molar-refractivity contribution in [2.24, 2.45) is 0 Å². The quantitative estimate of drug-likeness (QED) is 0.839. The Hall–Kier alpha value is -1.01. The molecule has 110 valence electrons. The lowest BCUT2D eigenvalue weighted by Crippen LogP contribution is -2.57. The zero-order chi connectivity index (χ0) is 14.2. The van der Waals surface area contributed by atoms with Crippen molar-refractivity contribution < 1.29 is 14.4 Å². The molecule has 3 rings (SSSR count). The average Bonchev–Trinajstić information content (AvgIpc) is 3.18. The number of aliphatic hydroxyl groups is 1. The molecule has 5 nitrogen and oxygen atoms in total. The number of amides is 1. The highest BCUT2D eigenvalue weighted by Gasteiger charge is 2.45. The summed E-state index contributed by atoms with van der Waals surface area (Å²) in [5.74, 6) is 1.97. The van der Waals surface area contributed by atoms with Gasteiger partial charge in [0.25, 0.3) is 5.91 Å². The third-order valence-corrected chi connectivity index (χ3v) is 5.51. The standard InChI is InChI=1S/C14H20N2O3S/c1-2-20-12-5-6-14(12,18)8-15-13(17)10-7-11(19-16-10)9-3-4-9/h7,9,12,18H,2-6,8H2,1H3,(H,15,17)/t12-,14-/m1/s1. The number of nitrogens with zero attached hydrogens (tertiary/aromatic N) is 1. The zero-order valence-corrected chi connectivity index (χ0v) is 12.4.